The maximum absolute atomic E-state index is 2.81. The third-order valence-electron chi connectivity index (χ3n) is 11.7. The molecule has 4 aliphatic rings. The molecule has 1 saturated carbocycles. The summed E-state index contributed by atoms with van der Waals surface area (Å²) < 4.78 is 2.73. The zero-order chi connectivity index (χ0) is 28.5. The largest absolute Gasteiger partial charge is 0.375 e. The molecule has 0 N–H and O–H groups in total. The molecular weight excluding hydrogens is 519 g/mol. The van der Waals surface area contributed by atoms with Gasteiger partial charge in [-0.1, -0.05) is 129 Å². The van der Waals surface area contributed by atoms with Crippen LogP contribution in [0.25, 0.3) is 44.4 Å². The molecule has 3 aliphatic heterocycles. The van der Waals surface area contributed by atoms with Crippen LogP contribution in [-0.4, -0.2) is 16.9 Å². The fraction of sp³-hybridized carbons (Fsp3) is 0.200. The van der Waals surface area contributed by atoms with E-state index in [0.717, 1.165) is 0 Å². The monoisotopic (exact) mass is 552 g/mol. The maximum atomic E-state index is 2.81. The zero-order valence-corrected chi connectivity index (χ0v) is 24.8. The van der Waals surface area contributed by atoms with Crippen molar-refractivity contribution in [2.24, 2.45) is 0 Å². The average Bonchev–Trinajstić information content (AvgIpc) is 3.50. The molecule has 4 heterocycles. The maximum Gasteiger partial charge on any atom is 0.333 e. The molecule has 0 amide bonds. The highest BCUT2D eigenvalue weighted by Crippen LogP contribution is 2.61. The van der Waals surface area contributed by atoms with E-state index in [2.05, 4.69) is 138 Å². The number of nitrogens with zero attached hydrogens (tertiary/aromatic N) is 2. The lowest BCUT2D eigenvalue weighted by Gasteiger charge is -2.52. The Hall–Kier alpha value is -4.50. The number of aromatic nitrogens is 1. The van der Waals surface area contributed by atoms with Gasteiger partial charge in [0.1, 0.15) is 0 Å². The van der Waals surface area contributed by atoms with E-state index in [4.69, 9.17) is 0 Å². The Morgan fingerprint density at radius 2 is 1.35 bits per heavy atom. The molecule has 206 valence electrons. The van der Waals surface area contributed by atoms with Crippen LogP contribution in [0.15, 0.2) is 115 Å². The summed E-state index contributed by atoms with van der Waals surface area (Å²) in [5.41, 5.74) is 16.8. The van der Waals surface area contributed by atoms with Crippen LogP contribution in [0.2, 0.25) is 0 Å². The van der Waals surface area contributed by atoms with Gasteiger partial charge in [-0.2, -0.15) is 0 Å². The van der Waals surface area contributed by atoms with E-state index in [-0.39, 0.29) is 17.8 Å². The van der Waals surface area contributed by atoms with E-state index in [0.29, 0.717) is 0 Å². The molecule has 5 aromatic carbocycles. The Bertz CT molecular complexity index is 2130. The van der Waals surface area contributed by atoms with Crippen molar-refractivity contribution in [3.05, 3.63) is 121 Å². The van der Waals surface area contributed by atoms with Crippen molar-refractivity contribution < 1.29 is 0 Å². The molecule has 10 rings (SSSR count). The van der Waals surface area contributed by atoms with Gasteiger partial charge < -0.3 is 9.38 Å². The molecule has 2 nitrogen and oxygen atoms in total. The van der Waals surface area contributed by atoms with E-state index in [1.54, 1.807) is 5.56 Å². The molecule has 1 fully saturated rings. The van der Waals surface area contributed by atoms with E-state index >= 15 is 0 Å². The second kappa shape index (κ2) is 8.11. The van der Waals surface area contributed by atoms with Crippen LogP contribution >= 0.6 is 0 Å². The summed E-state index contributed by atoms with van der Waals surface area (Å²) in [5.74, 6) is 0. The first-order valence-corrected chi connectivity index (χ1v) is 16.0. The summed E-state index contributed by atoms with van der Waals surface area (Å²) in [7, 11) is 0. The first kappa shape index (κ1) is 24.0. The van der Waals surface area contributed by atoms with E-state index < -0.39 is 0 Å². The molecule has 1 aliphatic carbocycles. The van der Waals surface area contributed by atoms with Crippen molar-refractivity contribution in [2.75, 3.05) is 4.90 Å². The molecule has 0 radical (unpaired) electrons. The Morgan fingerprint density at radius 1 is 0.651 bits per heavy atom. The van der Waals surface area contributed by atoms with Crippen molar-refractivity contribution in [3.8, 4) is 33.5 Å². The number of anilines is 2. The summed E-state index contributed by atoms with van der Waals surface area (Å²) >= 11 is 0. The number of rotatable bonds is 2. The van der Waals surface area contributed by atoms with E-state index in [9.17, 15) is 0 Å². The summed E-state index contributed by atoms with van der Waals surface area (Å²) in [4.78, 5) is 2.81. The topological polar surface area (TPSA) is 8.17 Å². The Balaban J connectivity index is 1.40. The molecule has 2 unspecified atom stereocenters. The minimum atomic E-state index is 0.0597. The fourth-order valence-corrected chi connectivity index (χ4v) is 9.70. The van der Waals surface area contributed by atoms with Crippen molar-refractivity contribution in [1.29, 1.82) is 0 Å². The second-order valence-corrected chi connectivity index (χ2v) is 13.6. The number of para-hydroxylation sites is 2. The summed E-state index contributed by atoms with van der Waals surface area (Å²) in [5, 5.41) is 1.33. The zero-order valence-electron chi connectivity index (χ0n) is 24.8. The van der Waals surface area contributed by atoms with Gasteiger partial charge in [-0.05, 0) is 59.0 Å². The first-order chi connectivity index (χ1) is 21.1. The van der Waals surface area contributed by atoms with Gasteiger partial charge in [0.2, 0.25) is 0 Å². The summed E-state index contributed by atoms with van der Waals surface area (Å²) in [6, 6.07) is 43.5. The predicted molar refractivity (Wildman–Crippen MR) is 181 cm³/mol. The highest BCUT2D eigenvalue weighted by Gasteiger charge is 2.61. The van der Waals surface area contributed by atoms with Crippen molar-refractivity contribution >= 4 is 40.1 Å². The second-order valence-electron chi connectivity index (χ2n) is 13.6. The number of hydrogen-bond donors (Lipinski definition) is 0. The first-order valence-electron chi connectivity index (χ1n) is 16.0. The van der Waals surface area contributed by atoms with Crippen LogP contribution in [0.3, 0.4) is 0 Å². The van der Waals surface area contributed by atoms with Gasteiger partial charge in [-0.3, -0.25) is 0 Å². The van der Waals surface area contributed by atoms with Crippen LogP contribution in [0.1, 0.15) is 45.1 Å². The molecule has 1 aromatic heterocycles. The lowest BCUT2D eigenvalue weighted by Crippen LogP contribution is -2.62. The smallest absolute Gasteiger partial charge is 0.333 e. The third-order valence-corrected chi connectivity index (χ3v) is 11.7. The molecular formula is C40H33BN2. The third kappa shape index (κ3) is 2.73. The number of hydrogen-bond acceptors (Lipinski definition) is 1. The lowest BCUT2D eigenvalue weighted by atomic mass is 9.45. The van der Waals surface area contributed by atoms with Gasteiger partial charge in [-0.15, -0.1) is 0 Å². The SMILES string of the molecule is CC12CCCCC1(C)N1c3cccc4c3B(c3cccc2c31)n1c(-c2ccccc2)c(-c2ccccc2)c2cccc-4c21. The van der Waals surface area contributed by atoms with Crippen LogP contribution in [0, 0.1) is 0 Å². The standard InChI is InChI=1S/C40H33BN2/c1-39-24-9-10-25-40(39,2)42-33-23-12-18-28-29-19-11-20-30-34(26-14-5-3-6-15-26)36(27-16-7-4-8-17-27)43(37(29)30)41(35(28)33)32-22-13-21-31(39)38(32)42/h3-8,11-23H,9-10,24-25H2,1-2H3. The Kier molecular flexibility index (Phi) is 4.53. The van der Waals surface area contributed by atoms with Crippen molar-refractivity contribution in [1.82, 2.24) is 4.48 Å². The number of benzene rings is 5. The van der Waals surface area contributed by atoms with Crippen LogP contribution in [0.5, 0.6) is 0 Å². The lowest BCUT2D eigenvalue weighted by molar-refractivity contribution is 0.195. The molecule has 43 heavy (non-hydrogen) atoms. The fourth-order valence-electron chi connectivity index (χ4n) is 9.70. The van der Waals surface area contributed by atoms with Gasteiger partial charge >= 0.3 is 6.85 Å². The van der Waals surface area contributed by atoms with E-state index in [1.807, 2.05) is 0 Å². The highest BCUT2D eigenvalue weighted by atomic mass is 15.3. The van der Waals surface area contributed by atoms with Gasteiger partial charge in [-0.25, -0.2) is 0 Å². The van der Waals surface area contributed by atoms with Gasteiger partial charge in [0.25, 0.3) is 0 Å². The molecule has 2 atom stereocenters. The normalized spacial score (nSPS) is 22.4. The average molecular weight is 553 g/mol. The molecule has 3 heteroatoms. The predicted octanol–water partition coefficient (Wildman–Crippen LogP) is 8.67. The van der Waals surface area contributed by atoms with Crippen LogP contribution in [-0.2, 0) is 5.41 Å². The Labute approximate surface area is 253 Å². The molecule has 0 saturated heterocycles. The van der Waals surface area contributed by atoms with E-state index in [1.165, 1.54) is 92.4 Å². The highest BCUT2D eigenvalue weighted by molar-refractivity contribution is 6.89. The molecule has 6 aromatic rings. The van der Waals surface area contributed by atoms with Crippen molar-refractivity contribution in [3.63, 3.8) is 0 Å². The molecule has 0 spiro atoms. The number of fused-ring (bicyclic) bond motifs is 7. The molecule has 0 bridgehead atoms. The van der Waals surface area contributed by atoms with Crippen LogP contribution < -0.4 is 15.8 Å². The summed E-state index contributed by atoms with van der Waals surface area (Å²) in [6.45, 7) is 5.22. The minimum absolute atomic E-state index is 0.0597. The minimum Gasteiger partial charge on any atom is -0.375 e. The van der Waals surface area contributed by atoms with Crippen LogP contribution in [0.4, 0.5) is 11.4 Å². The quantitative estimate of drug-likeness (QED) is 0.195. The van der Waals surface area contributed by atoms with Gasteiger partial charge in [0.15, 0.2) is 0 Å². The van der Waals surface area contributed by atoms with Gasteiger partial charge in [0, 0.05) is 44.5 Å². The summed E-state index contributed by atoms with van der Waals surface area (Å²) in [6.07, 6.45) is 5.08. The van der Waals surface area contributed by atoms with Crippen molar-refractivity contribution in [2.45, 2.75) is 50.5 Å². The Morgan fingerprint density at radius 3 is 2.16 bits per heavy atom. The van der Waals surface area contributed by atoms with Gasteiger partial charge in [0.05, 0.1) is 5.54 Å².